The van der Waals surface area contributed by atoms with E-state index in [9.17, 15) is 9.59 Å². The van der Waals surface area contributed by atoms with Crippen molar-refractivity contribution >= 4 is 23.4 Å². The molecule has 2 heterocycles. The zero-order valence-electron chi connectivity index (χ0n) is 16.9. The van der Waals surface area contributed by atoms with Gasteiger partial charge in [0.1, 0.15) is 5.75 Å². The number of ether oxygens (including phenoxy) is 1. The van der Waals surface area contributed by atoms with Crippen LogP contribution in [0.5, 0.6) is 5.75 Å². The molecule has 2 amide bonds. The molecule has 2 aromatic rings. The number of carbonyl (C=O) groups excluding carboxylic acids is 2. The lowest BCUT2D eigenvalue weighted by Gasteiger charge is -2.22. The molecule has 1 aliphatic rings. The number of nitrogens with zero attached hydrogens (tertiary/aromatic N) is 4. The van der Waals surface area contributed by atoms with E-state index in [0.717, 1.165) is 19.4 Å². The van der Waals surface area contributed by atoms with Crippen LogP contribution < -0.4 is 4.74 Å². The minimum Gasteiger partial charge on any atom is -0.493 e. The Morgan fingerprint density at radius 2 is 1.97 bits per heavy atom. The van der Waals surface area contributed by atoms with Crippen molar-refractivity contribution in [3.63, 3.8) is 0 Å². The third-order valence-corrected chi connectivity index (χ3v) is 5.25. The normalized spacial score (nSPS) is 16.3. The number of halogens is 1. The Kier molecular flexibility index (Phi) is 7.14. The number of amides is 2. The second-order valence-electron chi connectivity index (χ2n) is 7.15. The van der Waals surface area contributed by atoms with E-state index in [1.54, 1.807) is 47.2 Å². The van der Waals surface area contributed by atoms with Crippen LogP contribution in [0.3, 0.4) is 0 Å². The van der Waals surface area contributed by atoms with Crippen molar-refractivity contribution in [1.29, 1.82) is 0 Å². The molecular formula is C21H27ClN4O3. The first kappa shape index (κ1) is 21.2. The van der Waals surface area contributed by atoms with Crippen LogP contribution in [0.15, 0.2) is 30.6 Å². The highest BCUT2D eigenvalue weighted by molar-refractivity contribution is 6.31. The Balaban J connectivity index is 1.74. The fourth-order valence-corrected chi connectivity index (χ4v) is 3.51. The van der Waals surface area contributed by atoms with Gasteiger partial charge in [0.05, 0.1) is 23.9 Å². The van der Waals surface area contributed by atoms with Crippen LogP contribution in [-0.2, 0) is 6.54 Å². The van der Waals surface area contributed by atoms with E-state index in [-0.39, 0.29) is 11.8 Å². The number of carbonyl (C=O) groups is 2. The summed E-state index contributed by atoms with van der Waals surface area (Å²) in [7, 11) is 1.77. The lowest BCUT2D eigenvalue weighted by Crippen LogP contribution is -2.34. The first-order valence-corrected chi connectivity index (χ1v) is 10.4. The van der Waals surface area contributed by atoms with E-state index in [1.165, 1.54) is 0 Å². The van der Waals surface area contributed by atoms with Crippen molar-refractivity contribution < 1.29 is 14.3 Å². The van der Waals surface area contributed by atoms with Gasteiger partial charge in [-0.05, 0) is 44.4 Å². The van der Waals surface area contributed by atoms with Gasteiger partial charge in [0, 0.05) is 44.4 Å². The highest BCUT2D eigenvalue weighted by atomic mass is 35.5. The van der Waals surface area contributed by atoms with E-state index in [2.05, 4.69) is 5.10 Å². The van der Waals surface area contributed by atoms with Gasteiger partial charge in [0.15, 0.2) is 0 Å². The third kappa shape index (κ3) is 5.29. The summed E-state index contributed by atoms with van der Waals surface area (Å²) in [5.41, 5.74) is 1.07. The molecule has 0 bridgehead atoms. The summed E-state index contributed by atoms with van der Waals surface area (Å²) in [5.74, 6) is 0.394. The summed E-state index contributed by atoms with van der Waals surface area (Å²) in [5, 5.41) is 4.71. The van der Waals surface area contributed by atoms with Gasteiger partial charge in [0.25, 0.3) is 11.8 Å². The van der Waals surface area contributed by atoms with Crippen molar-refractivity contribution in [3.05, 3.63) is 46.7 Å². The molecular weight excluding hydrogens is 392 g/mol. The van der Waals surface area contributed by atoms with Crippen molar-refractivity contribution in [2.45, 2.75) is 32.7 Å². The number of hydrogen-bond donors (Lipinski definition) is 0. The number of rotatable bonds is 2. The van der Waals surface area contributed by atoms with Crippen molar-refractivity contribution in [1.82, 2.24) is 19.6 Å². The van der Waals surface area contributed by atoms with E-state index >= 15 is 0 Å². The Hall–Kier alpha value is -2.54. The second-order valence-corrected chi connectivity index (χ2v) is 7.59. The molecule has 1 aliphatic heterocycles. The fraction of sp³-hybridized carbons (Fsp3) is 0.476. The third-order valence-electron chi connectivity index (χ3n) is 5.01. The zero-order chi connectivity index (χ0) is 20.8. The molecule has 29 heavy (non-hydrogen) atoms. The summed E-state index contributed by atoms with van der Waals surface area (Å²) < 4.78 is 7.62. The Bertz CT molecular complexity index is 867. The largest absolute Gasteiger partial charge is 0.493 e. The average molecular weight is 419 g/mol. The quantitative estimate of drug-likeness (QED) is 0.750. The number of benzene rings is 1. The monoisotopic (exact) mass is 418 g/mol. The van der Waals surface area contributed by atoms with E-state index < -0.39 is 0 Å². The summed E-state index contributed by atoms with van der Waals surface area (Å²) in [4.78, 5) is 29.2. The van der Waals surface area contributed by atoms with Gasteiger partial charge in [-0.2, -0.15) is 5.10 Å². The van der Waals surface area contributed by atoms with Gasteiger partial charge < -0.3 is 14.5 Å². The van der Waals surface area contributed by atoms with E-state index in [1.807, 2.05) is 11.8 Å². The van der Waals surface area contributed by atoms with Crippen molar-refractivity contribution in [2.24, 2.45) is 0 Å². The van der Waals surface area contributed by atoms with E-state index in [4.69, 9.17) is 16.3 Å². The molecule has 0 N–H and O–H groups in total. The van der Waals surface area contributed by atoms with Gasteiger partial charge in [-0.25, -0.2) is 0 Å². The standard InChI is InChI=1S/C21H27ClN4O3/c1-3-26-15-16(14-23-26)20(27)25-10-5-4-9-24(2)21(28)18-13-17(22)7-8-19(18)29-12-6-11-25/h7-8,13-15H,3-6,9-12H2,1-2H3. The number of fused-ring (bicyclic) bond motifs is 1. The van der Waals surface area contributed by atoms with Crippen LogP contribution in [0.2, 0.25) is 5.02 Å². The molecule has 0 spiro atoms. The van der Waals surface area contributed by atoms with Crippen molar-refractivity contribution in [2.75, 3.05) is 33.3 Å². The molecule has 156 valence electrons. The Morgan fingerprint density at radius 1 is 1.21 bits per heavy atom. The maximum absolute atomic E-state index is 12.9. The maximum Gasteiger partial charge on any atom is 0.257 e. The first-order chi connectivity index (χ1) is 14.0. The summed E-state index contributed by atoms with van der Waals surface area (Å²) in [6, 6.07) is 5.09. The molecule has 3 rings (SSSR count). The molecule has 0 atom stereocenters. The molecule has 7 nitrogen and oxygen atoms in total. The van der Waals surface area contributed by atoms with Gasteiger partial charge in [0.2, 0.25) is 0 Å². The minimum atomic E-state index is -0.110. The maximum atomic E-state index is 12.9. The molecule has 8 heteroatoms. The molecule has 0 radical (unpaired) electrons. The first-order valence-electron chi connectivity index (χ1n) is 9.99. The van der Waals surface area contributed by atoms with Crippen LogP contribution in [0.1, 0.15) is 46.9 Å². The van der Waals surface area contributed by atoms with Crippen LogP contribution >= 0.6 is 11.6 Å². The summed E-state index contributed by atoms with van der Waals surface area (Å²) in [6.45, 7) is 4.94. The van der Waals surface area contributed by atoms with Crippen molar-refractivity contribution in [3.8, 4) is 5.75 Å². The highest BCUT2D eigenvalue weighted by Gasteiger charge is 2.20. The molecule has 0 aliphatic carbocycles. The zero-order valence-corrected chi connectivity index (χ0v) is 17.7. The van der Waals surface area contributed by atoms with Crippen LogP contribution in [0.25, 0.3) is 0 Å². The molecule has 0 saturated carbocycles. The SMILES string of the molecule is CCn1cc(C(=O)N2CCCCN(C)C(=O)c3cc(Cl)ccc3OCCC2)cn1. The predicted octanol–water partition coefficient (Wildman–Crippen LogP) is 3.33. The van der Waals surface area contributed by atoms with Gasteiger partial charge >= 0.3 is 0 Å². The Morgan fingerprint density at radius 3 is 2.72 bits per heavy atom. The van der Waals surface area contributed by atoms with Gasteiger partial charge in [-0.1, -0.05) is 11.6 Å². The highest BCUT2D eigenvalue weighted by Crippen LogP contribution is 2.25. The number of hydrogen-bond acceptors (Lipinski definition) is 4. The summed E-state index contributed by atoms with van der Waals surface area (Å²) in [6.07, 6.45) is 5.69. The average Bonchev–Trinajstić information content (AvgIpc) is 3.21. The van der Waals surface area contributed by atoms with Crippen LogP contribution in [0.4, 0.5) is 0 Å². The minimum absolute atomic E-state index is 0.0174. The van der Waals surface area contributed by atoms with Gasteiger partial charge in [-0.3, -0.25) is 14.3 Å². The number of aromatic nitrogens is 2. The molecule has 0 fully saturated rings. The van der Waals surface area contributed by atoms with E-state index in [0.29, 0.717) is 54.6 Å². The summed E-state index contributed by atoms with van der Waals surface area (Å²) >= 11 is 6.09. The lowest BCUT2D eigenvalue weighted by atomic mass is 10.1. The molecule has 1 aromatic heterocycles. The predicted molar refractivity (Wildman–Crippen MR) is 112 cm³/mol. The van der Waals surface area contributed by atoms with Gasteiger partial charge in [-0.15, -0.1) is 0 Å². The Labute approximate surface area is 176 Å². The second kappa shape index (κ2) is 9.78. The molecule has 0 saturated heterocycles. The van der Waals surface area contributed by atoms with Crippen LogP contribution in [-0.4, -0.2) is 64.7 Å². The van der Waals surface area contributed by atoms with Crippen LogP contribution in [0, 0.1) is 0 Å². The number of aryl methyl sites for hydroxylation is 1. The molecule has 0 unspecified atom stereocenters. The lowest BCUT2D eigenvalue weighted by molar-refractivity contribution is 0.0735. The topological polar surface area (TPSA) is 67.7 Å². The molecule has 1 aromatic carbocycles. The smallest absolute Gasteiger partial charge is 0.257 e. The fourth-order valence-electron chi connectivity index (χ4n) is 3.34.